The van der Waals surface area contributed by atoms with Crippen molar-refractivity contribution in [2.24, 2.45) is 5.92 Å². The zero-order valence-electron chi connectivity index (χ0n) is 26.6. The van der Waals surface area contributed by atoms with E-state index in [-0.39, 0.29) is 29.3 Å². The molecule has 0 aliphatic heterocycles. The molecule has 0 unspecified atom stereocenters. The molecule has 1 atom stereocenters. The van der Waals surface area contributed by atoms with Gasteiger partial charge in [-0.2, -0.15) is 0 Å². The molecule has 2 amide bonds. The summed E-state index contributed by atoms with van der Waals surface area (Å²) in [6, 6.07) is 15.0. The van der Waals surface area contributed by atoms with Crippen molar-refractivity contribution in [3.63, 3.8) is 0 Å². The van der Waals surface area contributed by atoms with Crippen LogP contribution in [0.1, 0.15) is 55.8 Å². The first-order chi connectivity index (χ1) is 21.6. The van der Waals surface area contributed by atoms with Crippen LogP contribution in [0.2, 0.25) is 0 Å². The van der Waals surface area contributed by atoms with E-state index in [0.29, 0.717) is 38.2 Å². The van der Waals surface area contributed by atoms with Gasteiger partial charge in [-0.05, 0) is 73.8 Å². The van der Waals surface area contributed by atoms with Crippen molar-refractivity contribution in [2.75, 3.05) is 50.1 Å². The zero-order chi connectivity index (χ0) is 32.4. The molecule has 0 radical (unpaired) electrons. The van der Waals surface area contributed by atoms with Gasteiger partial charge in [0.25, 0.3) is 0 Å². The van der Waals surface area contributed by atoms with E-state index in [4.69, 9.17) is 16.3 Å². The fourth-order valence-corrected chi connectivity index (χ4v) is 6.77. The number of hydrogen-bond acceptors (Lipinski definition) is 3. The lowest BCUT2D eigenvalue weighted by atomic mass is 9.81. The number of halogens is 3. The monoisotopic (exact) mass is 661 g/mol. The highest BCUT2D eigenvalue weighted by Crippen LogP contribution is 2.41. The highest BCUT2D eigenvalue weighted by Gasteiger charge is 2.35. The molecule has 2 aromatic carbocycles. The van der Waals surface area contributed by atoms with Crippen LogP contribution in [0, 0.1) is 17.6 Å². The van der Waals surface area contributed by atoms with Gasteiger partial charge in [0, 0.05) is 48.4 Å². The summed E-state index contributed by atoms with van der Waals surface area (Å²) in [5.41, 5.74) is 2.64. The van der Waals surface area contributed by atoms with E-state index in [1.54, 1.807) is 0 Å². The lowest BCUT2D eigenvalue weighted by molar-refractivity contribution is -0.132. The maximum atomic E-state index is 15.0. The average molecular weight is 662 g/mol. The van der Waals surface area contributed by atoms with Crippen molar-refractivity contribution < 1.29 is 23.1 Å². The summed E-state index contributed by atoms with van der Waals surface area (Å²) in [6.07, 6.45) is 13.6. The highest BCUT2D eigenvalue weighted by atomic mass is 35.5. The van der Waals surface area contributed by atoms with Crippen molar-refractivity contribution in [3.05, 3.63) is 83.7 Å². The summed E-state index contributed by atoms with van der Waals surface area (Å²) < 4.78 is 36.7. The number of amides is 2. The number of alkyl halides is 1. The molecular weight excluding hydrogens is 616 g/mol. The second-order valence-electron chi connectivity index (χ2n) is 12.7. The number of aromatic nitrogens is 1. The second kappa shape index (κ2) is 16.5. The van der Waals surface area contributed by atoms with Crippen LogP contribution in [-0.2, 0) is 16.1 Å². The van der Waals surface area contributed by atoms with Crippen LogP contribution in [-0.4, -0.2) is 71.6 Å². The number of rotatable bonds is 14. The molecule has 1 heterocycles. The van der Waals surface area contributed by atoms with Gasteiger partial charge >= 0.3 is 6.09 Å². The fourth-order valence-electron chi connectivity index (χ4n) is 6.04. The topological polar surface area (TPSA) is 63.6 Å². The Morgan fingerprint density at radius 2 is 1.80 bits per heavy atom. The van der Waals surface area contributed by atoms with Crippen molar-refractivity contribution in [1.82, 2.24) is 14.8 Å². The molecule has 0 spiro atoms. The summed E-state index contributed by atoms with van der Waals surface area (Å²) in [4.78, 5) is 27.7. The number of ether oxygens (including phenoxy) is 1. The van der Waals surface area contributed by atoms with Crippen LogP contribution in [0.3, 0.4) is 0 Å². The van der Waals surface area contributed by atoms with Crippen LogP contribution in [0.25, 0.3) is 11.1 Å². The molecule has 0 bridgehead atoms. The Labute approximate surface area is 272 Å². The molecule has 1 saturated carbocycles. The van der Waals surface area contributed by atoms with E-state index < -0.39 is 27.8 Å². The maximum Gasteiger partial charge on any atom is 0.407 e. The van der Waals surface area contributed by atoms with Crippen molar-refractivity contribution in [1.29, 1.82) is 0 Å². The van der Waals surface area contributed by atoms with Gasteiger partial charge in [0.1, 0.15) is 24.1 Å². The normalized spacial score (nSPS) is 15.0. The number of carbonyl (C=O) groups is 2. The second-order valence-corrected chi connectivity index (χ2v) is 17.5. The van der Waals surface area contributed by atoms with Gasteiger partial charge in [-0.15, -0.1) is 11.6 Å². The van der Waals surface area contributed by atoms with Gasteiger partial charge in [0.15, 0.2) is 0 Å². The van der Waals surface area contributed by atoms with E-state index in [9.17, 15) is 14.0 Å². The quantitative estimate of drug-likeness (QED) is 0.141. The largest absolute Gasteiger partial charge is 0.449 e. The van der Waals surface area contributed by atoms with Crippen LogP contribution < -0.4 is 5.32 Å². The SMILES string of the molecule is CS(C)(C)CCOC(=O)NCCCN(C(=O)CCl)[C@@H](c1cc(-c2cc(F)ccc2F)cn1Cc1ccccc1)C1CCCCC1. The van der Waals surface area contributed by atoms with Gasteiger partial charge in [-0.25, -0.2) is 23.6 Å². The maximum absolute atomic E-state index is 15.0. The predicted molar refractivity (Wildman–Crippen MR) is 181 cm³/mol. The number of alkyl carbamates (subject to hydrolysis) is 1. The van der Waals surface area contributed by atoms with Crippen molar-refractivity contribution >= 4 is 33.6 Å². The minimum absolute atomic E-state index is 0.165. The summed E-state index contributed by atoms with van der Waals surface area (Å²) in [5.74, 6) is -0.404. The molecule has 1 fully saturated rings. The smallest absolute Gasteiger partial charge is 0.407 e. The van der Waals surface area contributed by atoms with Crippen LogP contribution >= 0.6 is 21.6 Å². The first-order valence-electron chi connectivity index (χ1n) is 15.7. The molecule has 45 heavy (non-hydrogen) atoms. The number of nitrogens with zero attached hydrogens (tertiary/aromatic N) is 2. The molecule has 0 saturated heterocycles. The third-order valence-electron chi connectivity index (χ3n) is 8.31. The molecule has 246 valence electrons. The standard InChI is InChI=1S/C35H46ClF2N3O3S/c1-45(2,3)20-19-44-35(43)39-17-10-18-41(33(42)23-36)34(27-13-8-5-9-14-27)32-21-28(30-22-29(37)15-16-31(30)38)25-40(32)24-26-11-6-4-7-12-26/h4,6-7,11-12,15-16,21-22,25,27,34H,5,8-10,13-14,17-20,23-24H2,1-3H3,(H,39,43)/t34-/m1/s1. The molecule has 6 nitrogen and oxygen atoms in total. The first-order valence-corrected chi connectivity index (χ1v) is 19.2. The fraction of sp³-hybridized carbons (Fsp3) is 0.486. The van der Waals surface area contributed by atoms with Gasteiger partial charge in [-0.3, -0.25) is 4.79 Å². The Bertz CT molecular complexity index is 1410. The lowest BCUT2D eigenvalue weighted by Gasteiger charge is -2.39. The summed E-state index contributed by atoms with van der Waals surface area (Å²) in [7, 11) is -0.763. The zero-order valence-corrected chi connectivity index (χ0v) is 28.1. The Morgan fingerprint density at radius 1 is 1.07 bits per heavy atom. The number of carbonyl (C=O) groups excluding carboxylic acids is 2. The molecule has 1 aliphatic rings. The third kappa shape index (κ3) is 10.2. The molecule has 1 aromatic heterocycles. The molecule has 4 rings (SSSR count). The minimum Gasteiger partial charge on any atom is -0.449 e. The Morgan fingerprint density at radius 3 is 2.49 bits per heavy atom. The van der Waals surface area contributed by atoms with E-state index in [0.717, 1.165) is 61.2 Å². The Balaban J connectivity index is 1.65. The molecule has 1 N–H and O–H groups in total. The average Bonchev–Trinajstić information content (AvgIpc) is 3.42. The van der Waals surface area contributed by atoms with Crippen LogP contribution in [0.15, 0.2) is 60.8 Å². The Kier molecular flexibility index (Phi) is 12.8. The summed E-state index contributed by atoms with van der Waals surface area (Å²) in [6.45, 7) is 1.59. The molecule has 10 heteroatoms. The van der Waals surface area contributed by atoms with Gasteiger partial charge in [0.05, 0.1) is 6.04 Å². The van der Waals surface area contributed by atoms with Crippen LogP contribution in [0.5, 0.6) is 0 Å². The van der Waals surface area contributed by atoms with Crippen molar-refractivity contribution in [2.45, 2.75) is 51.1 Å². The molecule has 3 aromatic rings. The Hall–Kier alpha value is -3.04. The van der Waals surface area contributed by atoms with Crippen molar-refractivity contribution in [3.8, 4) is 11.1 Å². The van der Waals surface area contributed by atoms with Gasteiger partial charge in [-0.1, -0.05) is 49.6 Å². The predicted octanol–water partition coefficient (Wildman–Crippen LogP) is 7.98. The minimum atomic E-state index is -0.763. The number of benzene rings is 2. The molecular formula is C35H46ClF2N3O3S. The number of nitrogens with one attached hydrogen (secondary N) is 1. The van der Waals surface area contributed by atoms with E-state index >= 15 is 4.39 Å². The van der Waals surface area contributed by atoms with Gasteiger partial charge in [0.2, 0.25) is 5.91 Å². The molecule has 1 aliphatic carbocycles. The summed E-state index contributed by atoms with van der Waals surface area (Å²) in [5, 5.41) is 2.82. The van der Waals surface area contributed by atoms with E-state index in [2.05, 4.69) is 28.7 Å². The summed E-state index contributed by atoms with van der Waals surface area (Å²) >= 11 is 6.21. The third-order valence-corrected chi connectivity index (χ3v) is 9.93. The van der Waals surface area contributed by atoms with Gasteiger partial charge < -0.3 is 19.5 Å². The van der Waals surface area contributed by atoms with E-state index in [1.807, 2.05) is 47.5 Å². The van der Waals surface area contributed by atoms with E-state index in [1.165, 1.54) is 6.07 Å². The van der Waals surface area contributed by atoms with Crippen LogP contribution in [0.4, 0.5) is 13.6 Å². The first kappa shape index (κ1) is 34.8. The highest BCUT2D eigenvalue weighted by molar-refractivity contribution is 8.32. The number of hydrogen-bond donors (Lipinski definition) is 1. The lowest BCUT2D eigenvalue weighted by Crippen LogP contribution is -2.42.